The molecule has 0 saturated heterocycles. The van der Waals surface area contributed by atoms with E-state index >= 15 is 0 Å². The van der Waals surface area contributed by atoms with E-state index in [1.807, 2.05) is 0 Å². The zero-order valence-electron chi connectivity index (χ0n) is 15.4. The summed E-state index contributed by atoms with van der Waals surface area (Å²) in [6.45, 7) is 7.08. The molecule has 0 aliphatic rings. The van der Waals surface area contributed by atoms with Crippen LogP contribution in [0.5, 0.6) is 0 Å². The summed E-state index contributed by atoms with van der Waals surface area (Å²) < 4.78 is 5.69. The summed E-state index contributed by atoms with van der Waals surface area (Å²) in [5, 5.41) is 0. The lowest BCUT2D eigenvalue weighted by Crippen LogP contribution is -2.15. The molecule has 22 heavy (non-hydrogen) atoms. The molecule has 0 heterocycles. The Morgan fingerprint density at radius 3 is 2.50 bits per heavy atom. The minimum Gasteiger partial charge on any atom is -0.377 e. The summed E-state index contributed by atoms with van der Waals surface area (Å²) in [5.41, 5.74) is 2.72. The number of unbranched alkanes of at least 4 members (excludes halogenated alkanes) is 3. The highest BCUT2D eigenvalue weighted by Gasteiger charge is 1.96. The molecule has 2 nitrogen and oxygen atoms in total. The lowest BCUT2D eigenvalue weighted by atomic mass is 9.92. The maximum absolute atomic E-state index is 5.82. The molecule has 0 spiro atoms. The predicted octanol–water partition coefficient (Wildman–Crippen LogP) is 4.77. The second kappa shape index (κ2) is 15.4. The lowest BCUT2D eigenvalue weighted by molar-refractivity contribution is 0.146. The van der Waals surface area contributed by atoms with Gasteiger partial charge in [0.25, 0.3) is 0 Å². The predicted molar refractivity (Wildman–Crippen MR) is 99.8 cm³/mol. The third-order valence-corrected chi connectivity index (χ3v) is 3.68. The first kappa shape index (κ1) is 21.5. The van der Waals surface area contributed by atoms with E-state index in [1.165, 1.54) is 36.8 Å². The molecule has 0 aromatic heterocycles. The van der Waals surface area contributed by atoms with Gasteiger partial charge in [0.1, 0.15) is 0 Å². The maximum atomic E-state index is 5.82. The molecular weight excluding hydrogens is 269 g/mol. The molecule has 3 heteroatoms. The van der Waals surface area contributed by atoms with Crippen LogP contribution in [0, 0.1) is 0 Å². The summed E-state index contributed by atoms with van der Waals surface area (Å²) in [5.74, 6) is 0. The number of hydrogen-bond acceptors (Lipinski definition) is 2. The minimum atomic E-state index is 0.694. The van der Waals surface area contributed by atoms with Crippen molar-refractivity contribution in [1.29, 1.82) is 0 Å². The Kier molecular flexibility index (Phi) is 15.0. The van der Waals surface area contributed by atoms with Crippen molar-refractivity contribution in [3.05, 3.63) is 23.3 Å². The molecule has 0 atom stereocenters. The van der Waals surface area contributed by atoms with E-state index in [1.54, 1.807) is 0 Å². The third-order valence-electron chi connectivity index (χ3n) is 3.68. The molecule has 0 aliphatic heterocycles. The van der Waals surface area contributed by atoms with Crippen LogP contribution < -0.4 is 0 Å². The van der Waals surface area contributed by atoms with E-state index in [9.17, 15) is 0 Å². The van der Waals surface area contributed by atoms with Crippen LogP contribution in [0.25, 0.3) is 0 Å². The summed E-state index contributed by atoms with van der Waals surface area (Å²) >= 11 is 0. The SMILES string of the molecule is [B]C/C(=C/CCCCC)CC/C=C(/C)COCCCN(C)C. The molecule has 0 aromatic carbocycles. The van der Waals surface area contributed by atoms with E-state index in [0.717, 1.165) is 39.0 Å². The zero-order chi connectivity index (χ0) is 16.6. The fourth-order valence-electron chi connectivity index (χ4n) is 2.27. The fraction of sp³-hybridized carbons (Fsp3) is 0.789. The van der Waals surface area contributed by atoms with Crippen molar-refractivity contribution in [1.82, 2.24) is 4.90 Å². The van der Waals surface area contributed by atoms with Gasteiger partial charge in [-0.15, -0.1) is 0 Å². The van der Waals surface area contributed by atoms with Crippen molar-refractivity contribution in [2.45, 2.75) is 65.1 Å². The molecule has 0 rings (SSSR count). The number of hydrogen-bond donors (Lipinski definition) is 0. The Balaban J connectivity index is 3.78. The Labute approximate surface area is 140 Å². The standard InChI is InChI=1S/C19H36BNO/c1-5-6-7-8-12-19(16-20)13-9-11-18(2)17-22-15-10-14-21(3)4/h11-12H,5-10,13-17H2,1-4H3/b18-11-,19-12+. The second-order valence-electron chi connectivity index (χ2n) is 6.36. The number of rotatable bonds is 14. The van der Waals surface area contributed by atoms with Gasteiger partial charge >= 0.3 is 0 Å². The van der Waals surface area contributed by atoms with Gasteiger partial charge in [-0.3, -0.25) is 0 Å². The first-order valence-electron chi connectivity index (χ1n) is 8.86. The highest BCUT2D eigenvalue weighted by atomic mass is 16.5. The summed E-state index contributed by atoms with van der Waals surface area (Å²) in [6, 6.07) is 0. The third kappa shape index (κ3) is 14.4. The zero-order valence-corrected chi connectivity index (χ0v) is 15.4. The van der Waals surface area contributed by atoms with Crippen LogP contribution in [0.3, 0.4) is 0 Å². The van der Waals surface area contributed by atoms with Gasteiger partial charge in [0.15, 0.2) is 0 Å². The fourth-order valence-corrected chi connectivity index (χ4v) is 2.27. The Morgan fingerprint density at radius 1 is 1.09 bits per heavy atom. The van der Waals surface area contributed by atoms with E-state index < -0.39 is 0 Å². The van der Waals surface area contributed by atoms with Gasteiger partial charge in [0.2, 0.25) is 0 Å². The molecule has 2 radical (unpaired) electrons. The quantitative estimate of drug-likeness (QED) is 0.260. The van der Waals surface area contributed by atoms with Crippen LogP contribution in [0.4, 0.5) is 0 Å². The number of allylic oxidation sites excluding steroid dienone is 3. The van der Waals surface area contributed by atoms with E-state index in [2.05, 4.69) is 45.0 Å². The first-order valence-corrected chi connectivity index (χ1v) is 8.86. The largest absolute Gasteiger partial charge is 0.377 e. The first-order chi connectivity index (χ1) is 10.6. The molecule has 0 aliphatic carbocycles. The van der Waals surface area contributed by atoms with Gasteiger partial charge < -0.3 is 9.64 Å². The Hall–Kier alpha value is -0.535. The van der Waals surface area contributed by atoms with Gasteiger partial charge in [0, 0.05) is 6.61 Å². The smallest absolute Gasteiger partial charge is 0.0712 e. The van der Waals surface area contributed by atoms with Crippen LogP contribution >= 0.6 is 0 Å². The van der Waals surface area contributed by atoms with Crippen LogP contribution in [-0.4, -0.2) is 46.6 Å². The molecule has 126 valence electrons. The molecule has 0 unspecified atom stereocenters. The molecule has 0 fully saturated rings. The van der Waals surface area contributed by atoms with Crippen LogP contribution in [0.15, 0.2) is 23.3 Å². The van der Waals surface area contributed by atoms with Crippen LogP contribution in [-0.2, 0) is 4.74 Å². The second-order valence-corrected chi connectivity index (χ2v) is 6.36. The van der Waals surface area contributed by atoms with Crippen molar-refractivity contribution in [3.63, 3.8) is 0 Å². The summed E-state index contributed by atoms with van der Waals surface area (Å²) in [7, 11) is 10.0. The van der Waals surface area contributed by atoms with Gasteiger partial charge in [-0.2, -0.15) is 0 Å². The molecule has 0 bridgehead atoms. The van der Waals surface area contributed by atoms with E-state index in [4.69, 9.17) is 12.6 Å². The lowest BCUT2D eigenvalue weighted by Gasteiger charge is -2.09. The monoisotopic (exact) mass is 305 g/mol. The van der Waals surface area contributed by atoms with Crippen LogP contribution in [0.1, 0.15) is 58.8 Å². The maximum Gasteiger partial charge on any atom is 0.0712 e. The number of nitrogens with zero attached hydrogens (tertiary/aromatic N) is 1. The Bertz CT molecular complexity index is 311. The van der Waals surface area contributed by atoms with Gasteiger partial charge in [-0.05, 0) is 59.7 Å². The molecule has 0 N–H and O–H groups in total. The van der Waals surface area contributed by atoms with E-state index in [0.29, 0.717) is 6.32 Å². The average molecular weight is 305 g/mol. The van der Waals surface area contributed by atoms with Gasteiger partial charge in [-0.1, -0.05) is 49.4 Å². The van der Waals surface area contributed by atoms with Crippen molar-refractivity contribution >= 4 is 7.85 Å². The minimum absolute atomic E-state index is 0.694. The molecular formula is C19H36BNO. The summed E-state index contributed by atoms with van der Waals surface area (Å²) in [6.07, 6.45) is 13.6. The van der Waals surface area contributed by atoms with Crippen molar-refractivity contribution in [3.8, 4) is 0 Å². The normalized spacial score (nSPS) is 13.1. The highest BCUT2D eigenvalue weighted by molar-refractivity contribution is 6.10. The molecule has 0 amide bonds. The van der Waals surface area contributed by atoms with Gasteiger partial charge in [0.05, 0.1) is 14.5 Å². The molecule has 0 saturated carbocycles. The highest BCUT2D eigenvalue weighted by Crippen LogP contribution is 2.13. The van der Waals surface area contributed by atoms with Crippen molar-refractivity contribution in [2.75, 3.05) is 33.9 Å². The Morgan fingerprint density at radius 2 is 1.86 bits per heavy atom. The number of ether oxygens (including phenoxy) is 1. The summed E-state index contributed by atoms with van der Waals surface area (Å²) in [4.78, 5) is 2.19. The van der Waals surface area contributed by atoms with Crippen molar-refractivity contribution in [2.24, 2.45) is 0 Å². The van der Waals surface area contributed by atoms with Gasteiger partial charge in [-0.25, -0.2) is 0 Å². The van der Waals surface area contributed by atoms with E-state index in [-0.39, 0.29) is 0 Å². The van der Waals surface area contributed by atoms with Crippen LogP contribution in [0.2, 0.25) is 6.32 Å². The van der Waals surface area contributed by atoms with Crippen molar-refractivity contribution < 1.29 is 4.74 Å². The topological polar surface area (TPSA) is 12.5 Å². The average Bonchev–Trinajstić information content (AvgIpc) is 2.49. The molecule has 0 aromatic rings.